The summed E-state index contributed by atoms with van der Waals surface area (Å²) in [6.45, 7) is 5.87. The molecule has 0 aromatic carbocycles. The van der Waals surface area contributed by atoms with E-state index in [-0.39, 0.29) is 29.0 Å². The van der Waals surface area contributed by atoms with Gasteiger partial charge in [0.05, 0.1) is 6.61 Å². The Balaban J connectivity index is 1.60. The number of hydrogen-bond acceptors (Lipinski definition) is 4. The second-order valence-electron chi connectivity index (χ2n) is 9.73. The van der Waals surface area contributed by atoms with Crippen LogP contribution in [0, 0.1) is 40.9 Å². The van der Waals surface area contributed by atoms with Gasteiger partial charge < -0.3 is 4.74 Å². The summed E-state index contributed by atoms with van der Waals surface area (Å²) in [7, 11) is 0. The molecule has 27 heavy (non-hydrogen) atoms. The molecule has 0 radical (unpaired) electrons. The topological polar surface area (TPSA) is 60.4 Å². The number of carbonyl (C=O) groups is 3. The molecule has 4 nitrogen and oxygen atoms in total. The molecule has 0 bridgehead atoms. The van der Waals surface area contributed by atoms with Gasteiger partial charge in [-0.1, -0.05) is 12.5 Å². The Morgan fingerprint density at radius 1 is 1.15 bits per heavy atom. The number of ketones is 2. The minimum absolute atomic E-state index is 0.00710. The number of fused-ring (bicyclic) bond motifs is 5. The molecule has 0 aromatic rings. The van der Waals surface area contributed by atoms with Crippen molar-refractivity contribution in [2.75, 3.05) is 6.61 Å². The van der Waals surface area contributed by atoms with Crippen LogP contribution in [-0.2, 0) is 19.1 Å². The first kappa shape index (κ1) is 18.9. The summed E-state index contributed by atoms with van der Waals surface area (Å²) in [6.07, 6.45) is 9.09. The van der Waals surface area contributed by atoms with Crippen LogP contribution in [0.15, 0.2) is 11.6 Å². The molecule has 3 saturated carbocycles. The van der Waals surface area contributed by atoms with E-state index in [1.807, 2.05) is 6.08 Å². The molecule has 0 heterocycles. The monoisotopic (exact) mass is 372 g/mol. The Morgan fingerprint density at radius 3 is 2.63 bits per heavy atom. The number of rotatable bonds is 3. The van der Waals surface area contributed by atoms with Crippen LogP contribution in [0.1, 0.15) is 65.7 Å². The van der Waals surface area contributed by atoms with Crippen molar-refractivity contribution in [3.05, 3.63) is 11.6 Å². The van der Waals surface area contributed by atoms with Crippen molar-refractivity contribution in [3.63, 3.8) is 0 Å². The molecular weight excluding hydrogens is 340 g/mol. The van der Waals surface area contributed by atoms with Crippen LogP contribution in [0.25, 0.3) is 0 Å². The van der Waals surface area contributed by atoms with Crippen LogP contribution in [0.5, 0.6) is 0 Å². The number of allylic oxidation sites excluding steroid dienone is 1. The van der Waals surface area contributed by atoms with Crippen molar-refractivity contribution in [1.82, 2.24) is 0 Å². The van der Waals surface area contributed by atoms with Crippen LogP contribution in [0.2, 0.25) is 0 Å². The van der Waals surface area contributed by atoms with Gasteiger partial charge in [0.1, 0.15) is 5.78 Å². The molecule has 4 rings (SSSR count). The quantitative estimate of drug-likeness (QED) is 0.699. The molecule has 4 aliphatic rings. The molecule has 0 amide bonds. The molecule has 148 valence electrons. The Hall–Kier alpha value is -1.45. The van der Waals surface area contributed by atoms with Crippen LogP contribution < -0.4 is 0 Å². The summed E-state index contributed by atoms with van der Waals surface area (Å²) < 4.78 is 5.35. The first-order chi connectivity index (χ1) is 12.8. The Labute approximate surface area is 162 Å². The maximum atomic E-state index is 12.6. The highest BCUT2D eigenvalue weighted by molar-refractivity contribution is 5.91. The number of Topliss-reactive ketones (excluding diaryl/α,β-unsaturated/α-hetero) is 1. The number of ether oxygens (including phenoxy) is 1. The molecule has 0 saturated heterocycles. The van der Waals surface area contributed by atoms with E-state index in [1.54, 1.807) is 6.92 Å². The zero-order chi connectivity index (χ0) is 19.3. The molecule has 7 atom stereocenters. The Morgan fingerprint density at radius 2 is 1.93 bits per heavy atom. The highest BCUT2D eigenvalue weighted by atomic mass is 16.5. The molecule has 4 heteroatoms. The van der Waals surface area contributed by atoms with Gasteiger partial charge in [0.15, 0.2) is 5.78 Å². The largest absolute Gasteiger partial charge is 0.466 e. The lowest BCUT2D eigenvalue weighted by molar-refractivity contribution is -0.144. The highest BCUT2D eigenvalue weighted by Crippen LogP contribution is 2.65. The van der Waals surface area contributed by atoms with Gasteiger partial charge in [-0.25, -0.2) is 0 Å². The summed E-state index contributed by atoms with van der Waals surface area (Å²) in [4.78, 5) is 35.8. The molecular formula is C23H32O4. The van der Waals surface area contributed by atoms with E-state index in [0.29, 0.717) is 42.5 Å². The maximum absolute atomic E-state index is 12.6. The smallest absolute Gasteiger partial charge is 0.302 e. The zero-order valence-electron chi connectivity index (χ0n) is 16.8. The van der Waals surface area contributed by atoms with Crippen LogP contribution in [0.3, 0.4) is 0 Å². The first-order valence-electron chi connectivity index (χ1n) is 10.7. The van der Waals surface area contributed by atoms with E-state index >= 15 is 0 Å². The van der Waals surface area contributed by atoms with Crippen LogP contribution in [0.4, 0.5) is 0 Å². The van der Waals surface area contributed by atoms with Gasteiger partial charge in [-0.2, -0.15) is 0 Å². The lowest BCUT2D eigenvalue weighted by atomic mass is 9.51. The van der Waals surface area contributed by atoms with Gasteiger partial charge in [-0.05, 0) is 80.6 Å². The molecule has 0 N–H and O–H groups in total. The summed E-state index contributed by atoms with van der Waals surface area (Å²) in [5, 5.41) is 0. The molecule has 3 fully saturated rings. The van der Waals surface area contributed by atoms with E-state index in [2.05, 4.69) is 6.92 Å². The number of carbonyl (C=O) groups excluding carboxylic acids is 3. The summed E-state index contributed by atoms with van der Waals surface area (Å²) in [5.74, 6) is 2.89. The summed E-state index contributed by atoms with van der Waals surface area (Å²) in [5.41, 5.74) is 1.43. The second kappa shape index (κ2) is 6.86. The van der Waals surface area contributed by atoms with E-state index in [4.69, 9.17) is 4.74 Å². The standard InChI is InChI=1S/C23H32O4/c1-13(24)22-16(12-27-14(2)25)11-21-20-6-4-15-10-17(26)5-7-18(15)19(20)8-9-23(21,22)3/h10,16,18-22H,4-9,11-12H2,1-3H3/t16?,18-,19+,20+,21-,22-,23-/m0/s1. The summed E-state index contributed by atoms with van der Waals surface area (Å²) in [6, 6.07) is 0. The van der Waals surface area contributed by atoms with Crippen LogP contribution in [-0.4, -0.2) is 24.1 Å². The minimum atomic E-state index is -0.255. The third kappa shape index (κ3) is 3.09. The van der Waals surface area contributed by atoms with Crippen molar-refractivity contribution >= 4 is 17.5 Å². The number of hydrogen-bond donors (Lipinski definition) is 0. The summed E-state index contributed by atoms with van der Waals surface area (Å²) >= 11 is 0. The van der Waals surface area contributed by atoms with Crippen molar-refractivity contribution in [3.8, 4) is 0 Å². The normalized spacial score (nSPS) is 43.2. The maximum Gasteiger partial charge on any atom is 0.302 e. The SMILES string of the molecule is CC(=O)OCC1C[C@H]2[C@@H]3CCC4=CC(=O)CC[C@@H]4[C@H]3CC[C@]2(C)[C@H]1C(C)=O. The molecule has 4 aliphatic carbocycles. The van der Waals surface area contributed by atoms with Gasteiger partial charge in [-0.3, -0.25) is 14.4 Å². The lowest BCUT2D eigenvalue weighted by Gasteiger charge is -2.53. The first-order valence-corrected chi connectivity index (χ1v) is 10.7. The zero-order valence-corrected chi connectivity index (χ0v) is 16.8. The van der Waals surface area contributed by atoms with Gasteiger partial charge in [0, 0.05) is 25.2 Å². The Bertz CT molecular complexity index is 692. The lowest BCUT2D eigenvalue weighted by Crippen LogP contribution is -2.47. The fourth-order valence-electron chi connectivity index (χ4n) is 7.54. The number of esters is 1. The third-order valence-electron chi connectivity index (χ3n) is 8.41. The molecule has 0 aromatic heterocycles. The van der Waals surface area contributed by atoms with Crippen molar-refractivity contribution in [1.29, 1.82) is 0 Å². The molecule has 0 spiro atoms. The average Bonchev–Trinajstić information content (AvgIpc) is 2.91. The highest BCUT2D eigenvalue weighted by Gasteiger charge is 2.60. The van der Waals surface area contributed by atoms with Gasteiger partial charge in [0.25, 0.3) is 0 Å². The van der Waals surface area contributed by atoms with E-state index in [1.165, 1.54) is 12.5 Å². The van der Waals surface area contributed by atoms with Gasteiger partial charge >= 0.3 is 5.97 Å². The fraction of sp³-hybridized carbons (Fsp3) is 0.783. The fourth-order valence-corrected chi connectivity index (χ4v) is 7.54. The minimum Gasteiger partial charge on any atom is -0.466 e. The van der Waals surface area contributed by atoms with E-state index in [9.17, 15) is 14.4 Å². The average molecular weight is 373 g/mol. The predicted molar refractivity (Wildman–Crippen MR) is 102 cm³/mol. The van der Waals surface area contributed by atoms with Crippen LogP contribution >= 0.6 is 0 Å². The van der Waals surface area contributed by atoms with Crippen molar-refractivity contribution < 1.29 is 19.1 Å². The Kier molecular flexibility index (Phi) is 4.80. The molecule has 0 aliphatic heterocycles. The van der Waals surface area contributed by atoms with E-state index < -0.39 is 0 Å². The molecule has 1 unspecified atom stereocenters. The van der Waals surface area contributed by atoms with Crippen molar-refractivity contribution in [2.24, 2.45) is 40.9 Å². The van der Waals surface area contributed by atoms with E-state index in [0.717, 1.165) is 38.5 Å². The predicted octanol–water partition coefficient (Wildman–Crippen LogP) is 4.12. The van der Waals surface area contributed by atoms with Crippen molar-refractivity contribution in [2.45, 2.75) is 65.7 Å². The van der Waals surface area contributed by atoms with Gasteiger partial charge in [0.2, 0.25) is 0 Å². The third-order valence-corrected chi connectivity index (χ3v) is 8.41. The van der Waals surface area contributed by atoms with Gasteiger partial charge in [-0.15, -0.1) is 0 Å². The second-order valence-corrected chi connectivity index (χ2v) is 9.73.